The van der Waals surface area contributed by atoms with E-state index in [4.69, 9.17) is 0 Å². The second-order valence-electron chi connectivity index (χ2n) is 9.75. The van der Waals surface area contributed by atoms with Crippen LogP contribution in [-0.4, -0.2) is 38.3 Å². The predicted molar refractivity (Wildman–Crippen MR) is 150 cm³/mol. The van der Waals surface area contributed by atoms with Crippen molar-refractivity contribution in [3.8, 4) is 12.8 Å². The first-order chi connectivity index (χ1) is 16.6. The molecule has 1 aliphatic heterocycles. The third-order valence-corrected chi connectivity index (χ3v) is 6.17. The number of terminal acetylenes is 1. The third-order valence-electron chi connectivity index (χ3n) is 6.17. The van der Waals surface area contributed by atoms with Gasteiger partial charge in [0, 0.05) is 36.5 Å². The summed E-state index contributed by atoms with van der Waals surface area (Å²) in [6.07, 6.45) is 20.0. The van der Waals surface area contributed by atoms with E-state index in [1.165, 1.54) is 31.5 Å². The number of nitrogens with zero attached hydrogens (tertiary/aromatic N) is 2. The molecule has 2 rings (SSSR count). The molecule has 0 saturated carbocycles. The van der Waals surface area contributed by atoms with Crippen LogP contribution in [0.4, 0.5) is 4.39 Å². The number of halogens is 1. The van der Waals surface area contributed by atoms with Crippen molar-refractivity contribution in [3.63, 3.8) is 0 Å². The molecule has 1 fully saturated rings. The standard InChI is InChI=1S/C28H41FN4.C2H2/c1-8-27(10-9-21(2)15-23-11-13-33(7)14-12-23)32-22(3)16-24-17-25(19-26(29)18-24)28(4,5)20-31-30-6;1-2/h8-10,17-20,23,30,32H,1,3,11-16H2,2,4-7H3;1-2H/b21-9+,27-10+,31-20-;. The van der Waals surface area contributed by atoms with Crippen molar-refractivity contribution in [2.24, 2.45) is 11.0 Å². The van der Waals surface area contributed by atoms with E-state index in [0.717, 1.165) is 34.9 Å². The summed E-state index contributed by atoms with van der Waals surface area (Å²) in [5.74, 6) is 0.513. The van der Waals surface area contributed by atoms with Gasteiger partial charge in [-0.3, -0.25) is 0 Å². The summed E-state index contributed by atoms with van der Waals surface area (Å²) in [5.41, 5.74) is 7.16. The van der Waals surface area contributed by atoms with Crippen LogP contribution >= 0.6 is 0 Å². The molecule has 0 spiro atoms. The first kappa shape index (κ1) is 29.9. The molecule has 0 aliphatic carbocycles. The van der Waals surface area contributed by atoms with E-state index in [1.807, 2.05) is 19.9 Å². The van der Waals surface area contributed by atoms with Gasteiger partial charge in [0.05, 0.1) is 0 Å². The molecule has 0 bridgehead atoms. The van der Waals surface area contributed by atoms with Gasteiger partial charge in [-0.15, -0.1) is 12.8 Å². The van der Waals surface area contributed by atoms with Crippen molar-refractivity contribution in [2.45, 2.75) is 51.9 Å². The van der Waals surface area contributed by atoms with Gasteiger partial charge in [0.25, 0.3) is 0 Å². The minimum atomic E-state index is -0.392. The Morgan fingerprint density at radius 2 is 1.89 bits per heavy atom. The van der Waals surface area contributed by atoms with E-state index < -0.39 is 5.41 Å². The Morgan fingerprint density at radius 3 is 2.49 bits per heavy atom. The van der Waals surface area contributed by atoms with E-state index in [9.17, 15) is 4.39 Å². The van der Waals surface area contributed by atoms with E-state index in [1.54, 1.807) is 31.5 Å². The van der Waals surface area contributed by atoms with Gasteiger partial charge in [-0.25, -0.2) is 4.39 Å². The molecule has 0 atom stereocenters. The molecule has 0 amide bonds. The highest BCUT2D eigenvalue weighted by Gasteiger charge is 2.20. The minimum absolute atomic E-state index is 0.256. The van der Waals surface area contributed by atoms with Crippen LogP contribution in [0.2, 0.25) is 0 Å². The lowest BCUT2D eigenvalue weighted by Crippen LogP contribution is -2.30. The van der Waals surface area contributed by atoms with Crippen LogP contribution in [0.1, 0.15) is 51.2 Å². The second kappa shape index (κ2) is 15.0. The van der Waals surface area contributed by atoms with Crippen LogP contribution in [-0.2, 0) is 11.8 Å². The molecule has 0 unspecified atom stereocenters. The highest BCUT2D eigenvalue weighted by atomic mass is 19.1. The number of hydrazone groups is 1. The lowest BCUT2D eigenvalue weighted by Gasteiger charge is -2.29. The highest BCUT2D eigenvalue weighted by molar-refractivity contribution is 5.72. The summed E-state index contributed by atoms with van der Waals surface area (Å²) in [6.45, 7) is 16.7. The fraction of sp³-hybridized carbons (Fsp3) is 0.433. The van der Waals surface area contributed by atoms with Gasteiger partial charge >= 0.3 is 0 Å². The number of nitrogens with one attached hydrogen (secondary N) is 2. The maximum Gasteiger partial charge on any atom is 0.123 e. The van der Waals surface area contributed by atoms with Crippen molar-refractivity contribution >= 4 is 6.21 Å². The highest BCUT2D eigenvalue weighted by Crippen LogP contribution is 2.25. The zero-order chi connectivity index (χ0) is 26.4. The molecule has 1 saturated heterocycles. The molecular formula is C30H43FN4. The van der Waals surface area contributed by atoms with Crippen LogP contribution in [0.5, 0.6) is 0 Å². The fourth-order valence-electron chi connectivity index (χ4n) is 4.10. The molecule has 5 heteroatoms. The van der Waals surface area contributed by atoms with Gasteiger partial charge in [-0.2, -0.15) is 5.10 Å². The monoisotopic (exact) mass is 478 g/mol. The third kappa shape index (κ3) is 10.8. The first-order valence-electron chi connectivity index (χ1n) is 12.1. The Labute approximate surface area is 212 Å². The number of allylic oxidation sites excluding steroid dienone is 5. The topological polar surface area (TPSA) is 39.7 Å². The molecule has 4 nitrogen and oxygen atoms in total. The SMILES string of the molecule is C#C.C=C/C(=C\C=C(/C)CC1CCN(C)CC1)NC(=C)Cc1cc(F)cc(C(C)(C)/C=N\NC)c1. The van der Waals surface area contributed by atoms with Crippen molar-refractivity contribution < 1.29 is 4.39 Å². The van der Waals surface area contributed by atoms with Crippen molar-refractivity contribution in [2.75, 3.05) is 27.2 Å². The van der Waals surface area contributed by atoms with E-state index >= 15 is 0 Å². The van der Waals surface area contributed by atoms with Crippen molar-refractivity contribution in [1.82, 2.24) is 15.6 Å². The Hall–Kier alpha value is -3.10. The number of piperidine rings is 1. The van der Waals surface area contributed by atoms with Gasteiger partial charge in [0.2, 0.25) is 0 Å². The Morgan fingerprint density at radius 1 is 1.23 bits per heavy atom. The van der Waals surface area contributed by atoms with Gasteiger partial charge < -0.3 is 15.6 Å². The fourth-order valence-corrected chi connectivity index (χ4v) is 4.10. The summed E-state index contributed by atoms with van der Waals surface area (Å²) in [5, 5.41) is 7.44. The van der Waals surface area contributed by atoms with Gasteiger partial charge in [-0.1, -0.05) is 44.7 Å². The Kier molecular flexibility index (Phi) is 12.8. The predicted octanol–water partition coefficient (Wildman–Crippen LogP) is 5.95. The molecule has 1 heterocycles. The number of hydrogen-bond donors (Lipinski definition) is 2. The minimum Gasteiger partial charge on any atom is -0.359 e. The molecule has 190 valence electrons. The molecule has 2 N–H and O–H groups in total. The van der Waals surface area contributed by atoms with Crippen LogP contribution < -0.4 is 10.7 Å². The number of hydrogen-bond acceptors (Lipinski definition) is 4. The van der Waals surface area contributed by atoms with Gasteiger partial charge in [-0.05, 0) is 87.7 Å². The van der Waals surface area contributed by atoms with E-state index in [0.29, 0.717) is 6.42 Å². The first-order valence-corrected chi connectivity index (χ1v) is 12.1. The average Bonchev–Trinajstić information content (AvgIpc) is 2.82. The quantitative estimate of drug-likeness (QED) is 0.179. The molecule has 1 aliphatic rings. The van der Waals surface area contributed by atoms with Gasteiger partial charge in [0.15, 0.2) is 0 Å². The number of likely N-dealkylation sites (tertiary alicyclic amines) is 1. The smallest absolute Gasteiger partial charge is 0.123 e. The lowest BCUT2D eigenvalue weighted by molar-refractivity contribution is 0.219. The molecule has 1 aromatic rings. The summed E-state index contributed by atoms with van der Waals surface area (Å²) in [6, 6.07) is 5.14. The largest absolute Gasteiger partial charge is 0.359 e. The van der Waals surface area contributed by atoms with Crippen molar-refractivity contribution in [1.29, 1.82) is 0 Å². The zero-order valence-electron chi connectivity index (χ0n) is 22.2. The molecular weight excluding hydrogens is 435 g/mol. The normalized spacial score (nSPS) is 15.9. The zero-order valence-corrected chi connectivity index (χ0v) is 22.2. The van der Waals surface area contributed by atoms with E-state index in [2.05, 4.69) is 72.9 Å². The van der Waals surface area contributed by atoms with E-state index in [-0.39, 0.29) is 5.82 Å². The van der Waals surface area contributed by atoms with Crippen LogP contribution in [0, 0.1) is 24.6 Å². The Bertz CT molecular complexity index is 944. The van der Waals surface area contributed by atoms with Crippen LogP contribution in [0.25, 0.3) is 0 Å². The van der Waals surface area contributed by atoms with Gasteiger partial charge in [0.1, 0.15) is 5.82 Å². The summed E-state index contributed by atoms with van der Waals surface area (Å²) in [4.78, 5) is 2.40. The lowest BCUT2D eigenvalue weighted by atomic mass is 9.84. The summed E-state index contributed by atoms with van der Waals surface area (Å²) < 4.78 is 14.3. The maximum absolute atomic E-state index is 14.3. The summed E-state index contributed by atoms with van der Waals surface area (Å²) >= 11 is 0. The Balaban J connectivity index is 0.00000298. The molecule has 0 radical (unpaired) electrons. The van der Waals surface area contributed by atoms with Crippen LogP contribution in [0.3, 0.4) is 0 Å². The van der Waals surface area contributed by atoms with Crippen LogP contribution in [0.15, 0.2) is 71.7 Å². The summed E-state index contributed by atoms with van der Waals surface area (Å²) in [7, 11) is 3.94. The average molecular weight is 479 g/mol. The molecule has 0 aromatic heterocycles. The molecule has 35 heavy (non-hydrogen) atoms. The van der Waals surface area contributed by atoms with Crippen molar-refractivity contribution in [3.05, 3.63) is 83.5 Å². The number of benzene rings is 1. The second-order valence-corrected chi connectivity index (χ2v) is 9.75. The molecule has 1 aromatic carbocycles. The maximum atomic E-state index is 14.3. The number of rotatable bonds is 11.